The normalized spacial score (nSPS) is 11.4. The van der Waals surface area contributed by atoms with Gasteiger partial charge >= 0.3 is 6.61 Å². The first kappa shape index (κ1) is 18.9. The van der Waals surface area contributed by atoms with E-state index in [1.54, 1.807) is 36.4 Å². The third-order valence-corrected chi connectivity index (χ3v) is 4.77. The number of primary amides is 1. The van der Waals surface area contributed by atoms with Gasteiger partial charge in [0.1, 0.15) is 5.75 Å². The van der Waals surface area contributed by atoms with Gasteiger partial charge in [-0.1, -0.05) is 18.2 Å². The molecule has 1 aromatic heterocycles. The fraction of sp³-hybridized carbons (Fsp3) is 0.136. The molecule has 3 aromatic carbocycles. The number of hydrogen-bond acceptors (Lipinski definition) is 3. The lowest BCUT2D eigenvalue weighted by Crippen LogP contribution is -2.11. The van der Waals surface area contributed by atoms with E-state index in [2.05, 4.69) is 10.8 Å². The van der Waals surface area contributed by atoms with Gasteiger partial charge in [0.25, 0.3) is 0 Å². The third-order valence-electron chi connectivity index (χ3n) is 4.77. The van der Waals surface area contributed by atoms with Gasteiger partial charge in [-0.25, -0.2) is 0 Å². The number of rotatable bonds is 6. The average Bonchev–Trinajstić information content (AvgIpc) is 3.00. The number of hydrogen-bond donors (Lipinski definition) is 2. The monoisotopic (exact) mass is 395 g/mol. The van der Waals surface area contributed by atoms with E-state index in [1.807, 2.05) is 16.7 Å². The van der Waals surface area contributed by atoms with Crippen molar-refractivity contribution in [3.63, 3.8) is 0 Å². The van der Waals surface area contributed by atoms with Crippen LogP contribution in [0.2, 0.25) is 0 Å². The molecule has 4 aromatic rings. The Hall–Kier alpha value is -3.45. The maximum Gasteiger partial charge on any atom is 0.387 e. The average molecular weight is 395 g/mol. The standard InChI is InChI=1S/C22H17F2N2O3/c23-22(24)29-15-4-1-3-13(9-15)11-26-18-6-2-5-17(21(25)28)20(18)16-8-7-14(12-27)10-19(16)26/h1-7,9-10,22,27H,11-12H2,(H2,25,28). The highest BCUT2D eigenvalue weighted by Gasteiger charge is 2.17. The van der Waals surface area contributed by atoms with E-state index >= 15 is 0 Å². The van der Waals surface area contributed by atoms with E-state index in [-0.39, 0.29) is 12.4 Å². The summed E-state index contributed by atoms with van der Waals surface area (Å²) >= 11 is 0. The van der Waals surface area contributed by atoms with Crippen molar-refractivity contribution in [2.24, 2.45) is 5.73 Å². The van der Waals surface area contributed by atoms with Crippen LogP contribution < -0.4 is 10.5 Å². The summed E-state index contributed by atoms with van der Waals surface area (Å²) < 4.78 is 31.5. The van der Waals surface area contributed by atoms with Gasteiger partial charge in [-0.15, -0.1) is 0 Å². The van der Waals surface area contributed by atoms with E-state index in [4.69, 9.17) is 5.73 Å². The summed E-state index contributed by atoms with van der Waals surface area (Å²) in [5.74, 6) is -0.486. The summed E-state index contributed by atoms with van der Waals surface area (Å²) in [4.78, 5) is 12.0. The van der Waals surface area contributed by atoms with Crippen LogP contribution in [0.4, 0.5) is 8.78 Å². The number of alkyl halides is 2. The Balaban J connectivity index is 1.93. The number of carbonyl (C=O) groups excluding carboxylic acids is 1. The Kier molecular flexibility index (Phi) is 4.90. The molecular formula is C22H17F2N2O3. The smallest absolute Gasteiger partial charge is 0.387 e. The van der Waals surface area contributed by atoms with Gasteiger partial charge in [0.05, 0.1) is 17.6 Å². The van der Waals surface area contributed by atoms with Crippen LogP contribution in [0.25, 0.3) is 21.8 Å². The largest absolute Gasteiger partial charge is 0.435 e. The second-order valence-corrected chi connectivity index (χ2v) is 6.60. The number of carbonyl (C=O) groups is 1. The lowest BCUT2D eigenvalue weighted by atomic mass is 10.0. The summed E-state index contributed by atoms with van der Waals surface area (Å²) in [6.45, 7) is -2.72. The molecule has 0 atom stereocenters. The summed E-state index contributed by atoms with van der Waals surface area (Å²) in [6.07, 6.45) is 0. The van der Waals surface area contributed by atoms with Gasteiger partial charge in [0.15, 0.2) is 0 Å². The molecule has 4 rings (SSSR count). The molecular weight excluding hydrogens is 378 g/mol. The van der Waals surface area contributed by atoms with Crippen molar-refractivity contribution in [3.05, 3.63) is 77.4 Å². The van der Waals surface area contributed by atoms with Crippen LogP contribution in [0.1, 0.15) is 21.5 Å². The minimum absolute atomic E-state index is 0.0682. The molecule has 0 spiro atoms. The molecule has 0 saturated heterocycles. The number of aliphatic hydroxyl groups excluding tert-OH is 1. The number of halogens is 2. The van der Waals surface area contributed by atoms with Crippen LogP contribution in [0.5, 0.6) is 5.75 Å². The van der Waals surface area contributed by atoms with Crippen LogP contribution in [-0.4, -0.2) is 22.2 Å². The van der Waals surface area contributed by atoms with Gasteiger partial charge in [-0.3, -0.25) is 4.79 Å². The van der Waals surface area contributed by atoms with Gasteiger partial charge in [0, 0.05) is 22.9 Å². The van der Waals surface area contributed by atoms with Crippen molar-refractivity contribution < 1.29 is 23.4 Å². The SMILES string of the molecule is NC(=O)c1cccc2c1c1[c]cc(CO)cc1n2Cc1cccc(OC(F)F)c1. The first-order valence-corrected chi connectivity index (χ1v) is 8.88. The van der Waals surface area contributed by atoms with Crippen LogP contribution >= 0.6 is 0 Å². The predicted octanol–water partition coefficient (Wildman–Crippen LogP) is 3.84. The number of aliphatic hydroxyl groups is 1. The first-order chi connectivity index (χ1) is 14.0. The number of aromatic nitrogens is 1. The zero-order valence-electron chi connectivity index (χ0n) is 15.2. The Morgan fingerprint density at radius 1 is 1.14 bits per heavy atom. The first-order valence-electron chi connectivity index (χ1n) is 8.88. The lowest BCUT2D eigenvalue weighted by molar-refractivity contribution is -0.0498. The van der Waals surface area contributed by atoms with E-state index in [0.29, 0.717) is 28.4 Å². The maximum atomic E-state index is 12.6. The van der Waals surface area contributed by atoms with Crippen molar-refractivity contribution in [3.8, 4) is 5.75 Å². The van der Waals surface area contributed by atoms with E-state index in [9.17, 15) is 18.7 Å². The Morgan fingerprint density at radius 2 is 1.93 bits per heavy atom. The summed E-state index contributed by atoms with van der Waals surface area (Å²) in [7, 11) is 0. The summed E-state index contributed by atoms with van der Waals surface area (Å²) in [6, 6.07) is 18.3. The van der Waals surface area contributed by atoms with Crippen molar-refractivity contribution >= 4 is 27.7 Å². The van der Waals surface area contributed by atoms with Crippen LogP contribution in [0.3, 0.4) is 0 Å². The molecule has 3 N–H and O–H groups in total. The maximum absolute atomic E-state index is 12.6. The van der Waals surface area contributed by atoms with Crippen molar-refractivity contribution in [1.82, 2.24) is 4.57 Å². The van der Waals surface area contributed by atoms with Crippen molar-refractivity contribution in [2.45, 2.75) is 19.8 Å². The van der Waals surface area contributed by atoms with Gasteiger partial charge in [-0.2, -0.15) is 8.78 Å². The zero-order chi connectivity index (χ0) is 20.5. The van der Waals surface area contributed by atoms with Gasteiger partial charge in [0.2, 0.25) is 5.91 Å². The van der Waals surface area contributed by atoms with Crippen LogP contribution in [0.15, 0.2) is 54.6 Å². The Labute approximate surface area is 164 Å². The highest BCUT2D eigenvalue weighted by atomic mass is 19.3. The number of amides is 1. The third kappa shape index (κ3) is 3.52. The minimum Gasteiger partial charge on any atom is -0.435 e. The Morgan fingerprint density at radius 3 is 2.66 bits per heavy atom. The number of benzene rings is 3. The Bertz CT molecular complexity index is 1220. The van der Waals surface area contributed by atoms with E-state index in [1.165, 1.54) is 6.07 Å². The second-order valence-electron chi connectivity index (χ2n) is 6.60. The molecule has 1 heterocycles. The zero-order valence-corrected chi connectivity index (χ0v) is 15.2. The highest BCUT2D eigenvalue weighted by molar-refractivity contribution is 6.17. The topological polar surface area (TPSA) is 77.5 Å². The molecule has 0 bridgehead atoms. The molecule has 147 valence electrons. The number of nitrogens with two attached hydrogens (primary N) is 1. The van der Waals surface area contributed by atoms with Gasteiger partial charge in [-0.05, 0) is 53.6 Å². The molecule has 0 fully saturated rings. The van der Waals surface area contributed by atoms with Crippen molar-refractivity contribution in [1.29, 1.82) is 0 Å². The minimum atomic E-state index is -2.90. The second kappa shape index (κ2) is 7.52. The van der Waals surface area contributed by atoms with Crippen molar-refractivity contribution in [2.75, 3.05) is 0 Å². The summed E-state index contributed by atoms with van der Waals surface area (Å²) in [5, 5.41) is 10.9. The molecule has 1 radical (unpaired) electrons. The molecule has 29 heavy (non-hydrogen) atoms. The predicted molar refractivity (Wildman–Crippen MR) is 105 cm³/mol. The fourth-order valence-corrected chi connectivity index (χ4v) is 3.57. The van der Waals surface area contributed by atoms with Crippen LogP contribution in [-0.2, 0) is 13.2 Å². The number of fused-ring (bicyclic) bond motifs is 3. The van der Waals surface area contributed by atoms with E-state index < -0.39 is 12.5 Å². The molecule has 0 aliphatic rings. The highest BCUT2D eigenvalue weighted by Crippen LogP contribution is 2.33. The molecule has 5 nitrogen and oxygen atoms in total. The number of nitrogens with zero attached hydrogens (tertiary/aromatic N) is 1. The molecule has 0 aliphatic carbocycles. The molecule has 0 aliphatic heterocycles. The quantitative estimate of drug-likeness (QED) is 0.521. The molecule has 0 unspecified atom stereocenters. The van der Waals surface area contributed by atoms with Gasteiger partial charge < -0.3 is 20.1 Å². The molecule has 0 saturated carbocycles. The molecule has 1 amide bonds. The molecule has 7 heteroatoms. The lowest BCUT2D eigenvalue weighted by Gasteiger charge is -2.11. The number of ether oxygens (including phenoxy) is 1. The fourth-order valence-electron chi connectivity index (χ4n) is 3.57. The van der Waals surface area contributed by atoms with Crippen LogP contribution in [0, 0.1) is 6.07 Å². The van der Waals surface area contributed by atoms with E-state index in [0.717, 1.165) is 16.6 Å². The summed E-state index contributed by atoms with van der Waals surface area (Å²) in [5.41, 5.74) is 8.84.